The Morgan fingerprint density at radius 2 is 1.93 bits per heavy atom. The maximum absolute atomic E-state index is 12.4. The number of rotatable bonds is 8. The van der Waals surface area contributed by atoms with Gasteiger partial charge in [-0.1, -0.05) is 6.07 Å². The predicted molar refractivity (Wildman–Crippen MR) is 96.9 cm³/mol. The molecule has 0 atom stereocenters. The van der Waals surface area contributed by atoms with Crippen LogP contribution in [0.2, 0.25) is 0 Å². The SMILES string of the molecule is COc1ccc(C=O)c(C(=O)OCC(=O)Nc2cccc([N+](=O)[O-])c2)c1OC. The van der Waals surface area contributed by atoms with Crippen LogP contribution >= 0.6 is 0 Å². The molecule has 1 amide bonds. The molecule has 0 saturated carbocycles. The van der Waals surface area contributed by atoms with Gasteiger partial charge in [-0.2, -0.15) is 0 Å². The Labute approximate surface area is 159 Å². The molecule has 2 rings (SSSR count). The second-order valence-electron chi connectivity index (χ2n) is 5.31. The highest BCUT2D eigenvalue weighted by Gasteiger charge is 2.23. The number of nitro groups is 1. The molecule has 0 radical (unpaired) electrons. The molecule has 0 bridgehead atoms. The van der Waals surface area contributed by atoms with E-state index in [9.17, 15) is 24.5 Å². The number of nitro benzene ring substituents is 1. The first-order chi connectivity index (χ1) is 13.4. The Kier molecular flexibility index (Phi) is 6.63. The van der Waals surface area contributed by atoms with Gasteiger partial charge in [-0.15, -0.1) is 0 Å². The number of hydrogen-bond acceptors (Lipinski definition) is 8. The van der Waals surface area contributed by atoms with Crippen LogP contribution in [-0.4, -0.2) is 43.9 Å². The van der Waals surface area contributed by atoms with Crippen molar-refractivity contribution in [3.8, 4) is 11.5 Å². The molecular formula is C18H16N2O8. The fourth-order valence-electron chi connectivity index (χ4n) is 2.35. The number of ether oxygens (including phenoxy) is 3. The van der Waals surface area contributed by atoms with E-state index in [4.69, 9.17) is 14.2 Å². The number of nitrogens with zero attached hydrogens (tertiary/aromatic N) is 1. The summed E-state index contributed by atoms with van der Waals surface area (Å²) in [5, 5.41) is 13.1. The molecule has 0 aliphatic carbocycles. The van der Waals surface area contributed by atoms with Gasteiger partial charge in [0.25, 0.3) is 11.6 Å². The number of amides is 1. The normalized spacial score (nSPS) is 9.93. The maximum atomic E-state index is 12.4. The number of hydrogen-bond donors (Lipinski definition) is 1. The molecule has 28 heavy (non-hydrogen) atoms. The maximum Gasteiger partial charge on any atom is 0.343 e. The standard InChI is InChI=1S/C18H16N2O8/c1-26-14-7-6-11(9-21)16(17(14)27-2)18(23)28-10-15(22)19-12-4-3-5-13(8-12)20(24)25/h3-9H,10H2,1-2H3,(H,19,22). The van der Waals surface area contributed by atoms with Crippen LogP contribution in [0.1, 0.15) is 20.7 Å². The van der Waals surface area contributed by atoms with Gasteiger partial charge in [-0.3, -0.25) is 19.7 Å². The van der Waals surface area contributed by atoms with E-state index in [0.29, 0.717) is 6.29 Å². The molecule has 10 heteroatoms. The van der Waals surface area contributed by atoms with Gasteiger partial charge in [0.15, 0.2) is 24.4 Å². The fraction of sp³-hybridized carbons (Fsp3) is 0.167. The van der Waals surface area contributed by atoms with Crippen molar-refractivity contribution >= 4 is 29.5 Å². The summed E-state index contributed by atoms with van der Waals surface area (Å²) in [6.45, 7) is -0.680. The highest BCUT2D eigenvalue weighted by atomic mass is 16.6. The van der Waals surface area contributed by atoms with Gasteiger partial charge in [-0.05, 0) is 18.2 Å². The number of carbonyl (C=O) groups is 3. The number of anilines is 1. The van der Waals surface area contributed by atoms with Crippen LogP contribution in [-0.2, 0) is 9.53 Å². The van der Waals surface area contributed by atoms with Crippen LogP contribution < -0.4 is 14.8 Å². The van der Waals surface area contributed by atoms with Crippen molar-refractivity contribution < 1.29 is 33.5 Å². The summed E-state index contributed by atoms with van der Waals surface area (Å²) >= 11 is 0. The van der Waals surface area contributed by atoms with E-state index >= 15 is 0 Å². The first-order valence-corrected chi connectivity index (χ1v) is 7.82. The number of benzene rings is 2. The van der Waals surface area contributed by atoms with Crippen molar-refractivity contribution in [3.63, 3.8) is 0 Å². The van der Waals surface area contributed by atoms with Gasteiger partial charge >= 0.3 is 5.97 Å². The zero-order valence-corrected chi connectivity index (χ0v) is 15.0. The van der Waals surface area contributed by atoms with Crippen LogP contribution in [0.5, 0.6) is 11.5 Å². The number of nitrogens with one attached hydrogen (secondary N) is 1. The van der Waals surface area contributed by atoms with E-state index in [0.717, 1.165) is 6.07 Å². The van der Waals surface area contributed by atoms with Crippen LogP contribution in [0.15, 0.2) is 36.4 Å². The average Bonchev–Trinajstić information content (AvgIpc) is 2.70. The zero-order chi connectivity index (χ0) is 20.7. The summed E-state index contributed by atoms with van der Waals surface area (Å²) in [6.07, 6.45) is 0.446. The highest BCUT2D eigenvalue weighted by Crippen LogP contribution is 2.33. The molecular weight excluding hydrogens is 372 g/mol. The summed E-state index contributed by atoms with van der Waals surface area (Å²) in [5.41, 5.74) is -0.212. The van der Waals surface area contributed by atoms with E-state index in [1.165, 1.54) is 44.6 Å². The molecule has 2 aromatic carbocycles. The van der Waals surface area contributed by atoms with E-state index in [1.54, 1.807) is 0 Å². The topological polar surface area (TPSA) is 134 Å². The van der Waals surface area contributed by atoms with E-state index in [1.807, 2.05) is 0 Å². The summed E-state index contributed by atoms with van der Waals surface area (Å²) in [4.78, 5) is 45.7. The van der Waals surface area contributed by atoms with Gasteiger partial charge in [0.1, 0.15) is 5.56 Å². The van der Waals surface area contributed by atoms with Gasteiger partial charge < -0.3 is 19.5 Å². The molecule has 0 heterocycles. The summed E-state index contributed by atoms with van der Waals surface area (Å²) in [6, 6.07) is 8.09. The lowest BCUT2D eigenvalue weighted by molar-refractivity contribution is -0.384. The molecule has 0 fully saturated rings. The van der Waals surface area contributed by atoms with Crippen molar-refractivity contribution in [2.75, 3.05) is 26.1 Å². The van der Waals surface area contributed by atoms with Crippen molar-refractivity contribution in [1.29, 1.82) is 0 Å². The van der Waals surface area contributed by atoms with Crippen molar-refractivity contribution in [3.05, 3.63) is 57.6 Å². The first-order valence-electron chi connectivity index (χ1n) is 7.82. The lowest BCUT2D eigenvalue weighted by atomic mass is 10.1. The van der Waals surface area contributed by atoms with Crippen LogP contribution in [0.4, 0.5) is 11.4 Å². The molecule has 2 aromatic rings. The quantitative estimate of drug-likeness (QED) is 0.315. The van der Waals surface area contributed by atoms with Crippen molar-refractivity contribution in [2.45, 2.75) is 0 Å². The molecule has 0 spiro atoms. The largest absolute Gasteiger partial charge is 0.493 e. The molecule has 10 nitrogen and oxygen atoms in total. The fourth-order valence-corrected chi connectivity index (χ4v) is 2.35. The minimum absolute atomic E-state index is 0.00161. The molecule has 0 aliphatic rings. The lowest BCUT2D eigenvalue weighted by Gasteiger charge is -2.14. The van der Waals surface area contributed by atoms with Crippen molar-refractivity contribution in [2.24, 2.45) is 0 Å². The number of aldehydes is 1. The van der Waals surface area contributed by atoms with Crippen LogP contribution in [0, 0.1) is 10.1 Å². The second-order valence-corrected chi connectivity index (χ2v) is 5.31. The molecule has 1 N–H and O–H groups in total. The molecule has 0 unspecified atom stereocenters. The Hall–Kier alpha value is -3.95. The minimum atomic E-state index is -0.966. The third-order valence-corrected chi connectivity index (χ3v) is 3.58. The lowest BCUT2D eigenvalue weighted by Crippen LogP contribution is -2.22. The zero-order valence-electron chi connectivity index (χ0n) is 15.0. The van der Waals surface area contributed by atoms with E-state index in [-0.39, 0.29) is 34.0 Å². The second kappa shape index (κ2) is 9.12. The summed E-state index contributed by atoms with van der Waals surface area (Å²) < 4.78 is 15.1. The van der Waals surface area contributed by atoms with E-state index < -0.39 is 23.4 Å². The van der Waals surface area contributed by atoms with Crippen LogP contribution in [0.25, 0.3) is 0 Å². The molecule has 0 aliphatic heterocycles. The first kappa shape index (κ1) is 20.4. The van der Waals surface area contributed by atoms with Crippen LogP contribution in [0.3, 0.4) is 0 Å². The Bertz CT molecular complexity index is 926. The predicted octanol–water partition coefficient (Wildman–Crippen LogP) is 2.22. The number of esters is 1. The Balaban J connectivity index is 2.12. The van der Waals surface area contributed by atoms with Crippen molar-refractivity contribution in [1.82, 2.24) is 0 Å². The summed E-state index contributed by atoms with van der Waals surface area (Å²) in [5.74, 6) is -1.48. The number of carbonyl (C=O) groups excluding carboxylic acids is 3. The number of non-ortho nitro benzene ring substituents is 1. The Morgan fingerprint density at radius 1 is 1.18 bits per heavy atom. The van der Waals surface area contributed by atoms with Gasteiger partial charge in [0.2, 0.25) is 0 Å². The van der Waals surface area contributed by atoms with Gasteiger partial charge in [0.05, 0.1) is 19.1 Å². The number of methoxy groups -OCH3 is 2. The Morgan fingerprint density at radius 3 is 2.54 bits per heavy atom. The minimum Gasteiger partial charge on any atom is -0.493 e. The molecule has 0 aromatic heterocycles. The van der Waals surface area contributed by atoms with Gasteiger partial charge in [0, 0.05) is 23.4 Å². The average molecular weight is 388 g/mol. The smallest absolute Gasteiger partial charge is 0.343 e. The third kappa shape index (κ3) is 4.61. The molecule has 0 saturated heterocycles. The van der Waals surface area contributed by atoms with E-state index in [2.05, 4.69) is 5.32 Å². The third-order valence-electron chi connectivity index (χ3n) is 3.58. The van der Waals surface area contributed by atoms with Gasteiger partial charge in [-0.25, -0.2) is 4.79 Å². The highest BCUT2D eigenvalue weighted by molar-refractivity contribution is 6.03. The summed E-state index contributed by atoms with van der Waals surface area (Å²) in [7, 11) is 2.65. The monoisotopic (exact) mass is 388 g/mol. The molecule has 146 valence electrons.